The smallest absolute Gasteiger partial charge is 0.335 e. The van der Waals surface area contributed by atoms with E-state index < -0.39 is 5.60 Å². The minimum Gasteiger partial charge on any atom is -0.450 e. The average molecular weight is 310 g/mol. The van der Waals surface area contributed by atoms with E-state index in [4.69, 9.17) is 9.47 Å². The summed E-state index contributed by atoms with van der Waals surface area (Å²) in [4.78, 5) is 26.8. The molecule has 0 aliphatic carbocycles. The fourth-order valence-corrected chi connectivity index (χ4v) is 3.22. The highest BCUT2D eigenvalue weighted by Gasteiger charge is 2.50. The summed E-state index contributed by atoms with van der Waals surface area (Å²) in [6, 6.07) is 0. The number of nitrogens with zero attached hydrogens (tertiary/aromatic N) is 1. The Morgan fingerprint density at radius 1 is 1.41 bits per heavy atom. The highest BCUT2D eigenvalue weighted by Crippen LogP contribution is 2.40. The van der Waals surface area contributed by atoms with Crippen LogP contribution in [0.3, 0.4) is 0 Å². The summed E-state index contributed by atoms with van der Waals surface area (Å²) in [7, 11) is 1.63. The number of nitrogens with one attached hydrogen (secondary N) is 1. The first-order chi connectivity index (χ1) is 10.5. The minimum atomic E-state index is -0.724. The van der Waals surface area contributed by atoms with E-state index in [1.807, 2.05) is 0 Å². The molecule has 0 unspecified atom stereocenters. The molecule has 1 saturated heterocycles. The van der Waals surface area contributed by atoms with Crippen molar-refractivity contribution in [2.45, 2.75) is 38.7 Å². The molecule has 1 spiro atoms. The third-order valence-electron chi connectivity index (χ3n) is 4.57. The molecule has 2 rings (SSSR count). The normalized spacial score (nSPS) is 21.3. The van der Waals surface area contributed by atoms with Gasteiger partial charge in [-0.2, -0.15) is 0 Å². The first kappa shape index (κ1) is 17.0. The van der Waals surface area contributed by atoms with Gasteiger partial charge in [0.25, 0.3) is 5.91 Å². The van der Waals surface area contributed by atoms with Crippen molar-refractivity contribution in [2.24, 2.45) is 0 Å². The Bertz CT molecular complexity index is 465. The second-order valence-electron chi connectivity index (χ2n) is 5.92. The van der Waals surface area contributed by atoms with Gasteiger partial charge in [0.2, 0.25) is 0 Å². The van der Waals surface area contributed by atoms with E-state index in [1.54, 1.807) is 14.0 Å². The Balaban J connectivity index is 2.08. The maximum atomic E-state index is 12.5. The Morgan fingerprint density at radius 3 is 2.68 bits per heavy atom. The van der Waals surface area contributed by atoms with Gasteiger partial charge in [0.1, 0.15) is 5.60 Å². The highest BCUT2D eigenvalue weighted by molar-refractivity contribution is 6.07. The molecule has 22 heavy (non-hydrogen) atoms. The lowest BCUT2D eigenvalue weighted by atomic mass is 9.82. The van der Waals surface area contributed by atoms with Crippen LogP contribution >= 0.6 is 0 Å². The van der Waals surface area contributed by atoms with Crippen molar-refractivity contribution >= 4 is 11.9 Å². The van der Waals surface area contributed by atoms with E-state index in [1.165, 1.54) is 0 Å². The van der Waals surface area contributed by atoms with Crippen molar-refractivity contribution < 1.29 is 19.1 Å². The summed E-state index contributed by atoms with van der Waals surface area (Å²) in [5, 5.41) is 2.88. The van der Waals surface area contributed by atoms with Crippen LogP contribution < -0.4 is 5.32 Å². The topological polar surface area (TPSA) is 67.9 Å². The molecule has 0 aromatic heterocycles. The van der Waals surface area contributed by atoms with Crippen LogP contribution in [0.15, 0.2) is 11.1 Å². The van der Waals surface area contributed by atoms with Crippen LogP contribution in [0.2, 0.25) is 0 Å². The van der Waals surface area contributed by atoms with Gasteiger partial charge in [-0.3, -0.25) is 4.79 Å². The summed E-state index contributed by atoms with van der Waals surface area (Å²) in [5.41, 5.74) is 0.262. The summed E-state index contributed by atoms with van der Waals surface area (Å²) in [6.07, 6.45) is 2.12. The number of methoxy groups -OCH3 is 1. The number of amides is 1. The highest BCUT2D eigenvalue weighted by atomic mass is 16.6. The van der Waals surface area contributed by atoms with Gasteiger partial charge in [0.05, 0.1) is 5.57 Å². The number of likely N-dealkylation sites (tertiary alicyclic amines) is 1. The molecule has 2 aliphatic heterocycles. The van der Waals surface area contributed by atoms with E-state index in [0.717, 1.165) is 26.1 Å². The fourth-order valence-electron chi connectivity index (χ4n) is 3.22. The van der Waals surface area contributed by atoms with E-state index >= 15 is 0 Å². The summed E-state index contributed by atoms with van der Waals surface area (Å²) in [5.74, 6) is -0.531. The van der Waals surface area contributed by atoms with Crippen molar-refractivity contribution in [1.29, 1.82) is 0 Å². The van der Waals surface area contributed by atoms with Gasteiger partial charge in [-0.15, -0.1) is 0 Å². The van der Waals surface area contributed by atoms with Gasteiger partial charge in [-0.25, -0.2) is 4.79 Å². The zero-order chi connectivity index (χ0) is 16.2. The van der Waals surface area contributed by atoms with Gasteiger partial charge in [0.15, 0.2) is 0 Å². The molecular formula is C16H26N2O4. The zero-order valence-electron chi connectivity index (χ0n) is 13.7. The standard InChI is InChI=1S/C16H26N2O4/c1-4-18-9-6-16(7-10-18)13(12(2)15(20)22-16)14(19)17-8-5-11-21-3/h4-11H2,1-3H3,(H,17,19). The van der Waals surface area contributed by atoms with E-state index in [0.29, 0.717) is 37.1 Å². The number of rotatable bonds is 6. The quantitative estimate of drug-likeness (QED) is 0.582. The molecule has 1 amide bonds. The molecule has 0 atom stereocenters. The van der Waals surface area contributed by atoms with Crippen LogP contribution in [0.1, 0.15) is 33.1 Å². The van der Waals surface area contributed by atoms with E-state index in [9.17, 15) is 9.59 Å². The molecule has 1 fully saturated rings. The van der Waals surface area contributed by atoms with Crippen LogP contribution in [0.25, 0.3) is 0 Å². The Labute approximate surface area is 131 Å². The number of piperidine rings is 1. The maximum Gasteiger partial charge on any atom is 0.335 e. The van der Waals surface area contributed by atoms with Crippen LogP contribution in [0.4, 0.5) is 0 Å². The third kappa shape index (κ3) is 3.33. The molecule has 2 aliphatic rings. The molecule has 2 heterocycles. The lowest BCUT2D eigenvalue weighted by Gasteiger charge is -2.39. The number of hydrogen-bond acceptors (Lipinski definition) is 5. The molecular weight excluding hydrogens is 284 g/mol. The van der Waals surface area contributed by atoms with Gasteiger partial charge in [0, 0.05) is 51.8 Å². The second kappa shape index (κ2) is 7.24. The average Bonchev–Trinajstić information content (AvgIpc) is 2.75. The number of carbonyl (C=O) groups is 2. The molecule has 0 radical (unpaired) electrons. The van der Waals surface area contributed by atoms with Crippen molar-refractivity contribution in [2.75, 3.05) is 39.9 Å². The predicted octanol–water partition coefficient (Wildman–Crippen LogP) is 0.867. The fraction of sp³-hybridized carbons (Fsp3) is 0.750. The molecule has 0 saturated carbocycles. The summed E-state index contributed by atoms with van der Waals surface area (Å²) < 4.78 is 10.6. The largest absolute Gasteiger partial charge is 0.450 e. The van der Waals surface area contributed by atoms with Crippen molar-refractivity contribution in [3.8, 4) is 0 Å². The van der Waals surface area contributed by atoms with Crippen LogP contribution in [0.5, 0.6) is 0 Å². The predicted molar refractivity (Wildman–Crippen MR) is 82.4 cm³/mol. The molecule has 0 aromatic rings. The zero-order valence-corrected chi connectivity index (χ0v) is 13.7. The number of hydrogen-bond donors (Lipinski definition) is 1. The molecule has 6 heteroatoms. The first-order valence-electron chi connectivity index (χ1n) is 7.98. The van der Waals surface area contributed by atoms with Crippen molar-refractivity contribution in [3.63, 3.8) is 0 Å². The summed E-state index contributed by atoms with van der Waals surface area (Å²) in [6.45, 7) is 7.61. The Morgan fingerprint density at radius 2 is 2.09 bits per heavy atom. The maximum absolute atomic E-state index is 12.5. The minimum absolute atomic E-state index is 0.176. The Kier molecular flexibility index (Phi) is 5.58. The van der Waals surface area contributed by atoms with Gasteiger partial charge < -0.3 is 19.7 Å². The Hall–Kier alpha value is -1.40. The number of ether oxygens (including phenoxy) is 2. The van der Waals surface area contributed by atoms with Crippen LogP contribution in [-0.4, -0.2) is 62.3 Å². The first-order valence-corrected chi connectivity index (χ1v) is 7.98. The van der Waals surface area contributed by atoms with Crippen molar-refractivity contribution in [1.82, 2.24) is 10.2 Å². The van der Waals surface area contributed by atoms with Gasteiger partial charge in [-0.1, -0.05) is 6.92 Å². The monoisotopic (exact) mass is 310 g/mol. The molecule has 124 valence electrons. The lowest BCUT2D eigenvalue weighted by Crippen LogP contribution is -2.48. The number of carbonyl (C=O) groups excluding carboxylic acids is 2. The van der Waals surface area contributed by atoms with E-state index in [-0.39, 0.29) is 11.9 Å². The summed E-state index contributed by atoms with van der Waals surface area (Å²) >= 11 is 0. The third-order valence-corrected chi connectivity index (χ3v) is 4.57. The van der Waals surface area contributed by atoms with Gasteiger partial charge in [-0.05, 0) is 19.9 Å². The lowest BCUT2D eigenvalue weighted by molar-refractivity contribution is -0.150. The molecule has 1 N–H and O–H groups in total. The van der Waals surface area contributed by atoms with E-state index in [2.05, 4.69) is 17.1 Å². The molecule has 0 bridgehead atoms. The SMILES string of the molecule is CCN1CCC2(CC1)OC(=O)C(C)=C2C(=O)NCCCOC. The number of esters is 1. The molecule has 6 nitrogen and oxygen atoms in total. The van der Waals surface area contributed by atoms with Crippen molar-refractivity contribution in [3.05, 3.63) is 11.1 Å². The van der Waals surface area contributed by atoms with Crippen LogP contribution in [0, 0.1) is 0 Å². The van der Waals surface area contributed by atoms with Gasteiger partial charge >= 0.3 is 5.97 Å². The van der Waals surface area contributed by atoms with Crippen LogP contribution in [-0.2, 0) is 19.1 Å². The molecule has 0 aromatic carbocycles. The second-order valence-corrected chi connectivity index (χ2v) is 5.92.